The molecule has 0 spiro atoms. The van der Waals surface area contributed by atoms with E-state index in [1.54, 1.807) is 11.6 Å². The van der Waals surface area contributed by atoms with Gasteiger partial charge in [0.1, 0.15) is 22.1 Å². The van der Waals surface area contributed by atoms with Gasteiger partial charge >= 0.3 is 0 Å². The van der Waals surface area contributed by atoms with E-state index in [2.05, 4.69) is 31.1 Å². The summed E-state index contributed by atoms with van der Waals surface area (Å²) in [5.74, 6) is -2.37. The fourth-order valence-corrected chi connectivity index (χ4v) is 4.83. The van der Waals surface area contributed by atoms with Gasteiger partial charge in [0.05, 0.1) is 17.7 Å². The Morgan fingerprint density at radius 2 is 2.09 bits per heavy atom. The largest absolute Gasteiger partial charge is 0.386 e. The maximum Gasteiger partial charge on any atom is 0.275 e. The molecule has 35 heavy (non-hydrogen) atoms. The first-order chi connectivity index (χ1) is 16.9. The summed E-state index contributed by atoms with van der Waals surface area (Å²) >= 11 is 1.33. The summed E-state index contributed by atoms with van der Waals surface area (Å²) in [4.78, 5) is 20.8. The fraction of sp³-hybridized carbons (Fsp3) is 0.435. The summed E-state index contributed by atoms with van der Waals surface area (Å²) in [5, 5.41) is 20.6. The van der Waals surface area contributed by atoms with E-state index >= 15 is 0 Å². The van der Waals surface area contributed by atoms with Crippen LogP contribution in [0.4, 0.5) is 8.78 Å². The van der Waals surface area contributed by atoms with Crippen molar-refractivity contribution in [3.63, 3.8) is 0 Å². The smallest absolute Gasteiger partial charge is 0.275 e. The zero-order valence-corrected chi connectivity index (χ0v) is 20.0. The lowest BCUT2D eigenvalue weighted by Gasteiger charge is -2.28. The van der Waals surface area contributed by atoms with Crippen molar-refractivity contribution in [2.24, 2.45) is 5.10 Å². The Balaban J connectivity index is 1.51. The monoisotopic (exact) mass is 503 g/mol. The average Bonchev–Trinajstić information content (AvgIpc) is 3.56. The number of nitrogens with zero attached hydrogens (tertiary/aromatic N) is 3. The van der Waals surface area contributed by atoms with Crippen molar-refractivity contribution >= 4 is 29.2 Å². The molecule has 0 saturated heterocycles. The molecule has 186 valence electrons. The minimum atomic E-state index is -0.921. The van der Waals surface area contributed by atoms with Gasteiger partial charge in [0.2, 0.25) is 5.95 Å². The molecule has 1 atom stereocenters. The average molecular weight is 504 g/mol. The normalized spacial score (nSPS) is 22.0. The van der Waals surface area contributed by atoms with Crippen LogP contribution in [0.3, 0.4) is 0 Å². The van der Waals surface area contributed by atoms with E-state index in [-0.39, 0.29) is 29.5 Å². The molecule has 12 heteroatoms. The molecule has 0 radical (unpaired) electrons. The minimum absolute atomic E-state index is 0.0195. The molecule has 1 fully saturated rings. The predicted octanol–water partition coefficient (Wildman–Crippen LogP) is 3.07. The zero-order valence-electron chi connectivity index (χ0n) is 19.2. The van der Waals surface area contributed by atoms with E-state index in [0.717, 1.165) is 42.8 Å². The Labute approximate surface area is 205 Å². The molecule has 1 amide bonds. The predicted molar refractivity (Wildman–Crippen MR) is 129 cm³/mol. The molecule has 0 bridgehead atoms. The fourth-order valence-electron chi connectivity index (χ4n) is 3.97. The molecule has 4 N–H and O–H groups in total. The van der Waals surface area contributed by atoms with Crippen LogP contribution in [0.1, 0.15) is 59.7 Å². The SMILES string of the molecule is CCO[C@H]1CC[C@H](N/C=C(/NC(=O)c2csc(C3C=NNC3)n2)C(=N)c2nc(F)ccc2F)CC1. The van der Waals surface area contributed by atoms with Crippen LogP contribution in [0.5, 0.6) is 0 Å². The van der Waals surface area contributed by atoms with E-state index in [9.17, 15) is 13.6 Å². The summed E-state index contributed by atoms with van der Waals surface area (Å²) in [6.07, 6.45) is 6.87. The van der Waals surface area contributed by atoms with Gasteiger partial charge in [-0.3, -0.25) is 10.2 Å². The van der Waals surface area contributed by atoms with Crippen LogP contribution in [-0.2, 0) is 4.74 Å². The Morgan fingerprint density at radius 1 is 1.29 bits per heavy atom. The number of nitrogens with one attached hydrogen (secondary N) is 4. The first-order valence-corrected chi connectivity index (χ1v) is 12.3. The highest BCUT2D eigenvalue weighted by atomic mass is 32.1. The second-order valence-corrected chi connectivity index (χ2v) is 9.15. The lowest BCUT2D eigenvalue weighted by atomic mass is 9.93. The van der Waals surface area contributed by atoms with Gasteiger partial charge in [-0.1, -0.05) is 0 Å². The van der Waals surface area contributed by atoms with Crippen LogP contribution in [0.25, 0.3) is 0 Å². The van der Waals surface area contributed by atoms with Crippen molar-refractivity contribution in [1.29, 1.82) is 5.41 Å². The number of carbonyl (C=O) groups excluding carboxylic acids is 1. The van der Waals surface area contributed by atoms with Crippen molar-refractivity contribution < 1.29 is 18.3 Å². The molecule has 9 nitrogen and oxygen atoms in total. The highest BCUT2D eigenvalue weighted by Crippen LogP contribution is 2.22. The van der Waals surface area contributed by atoms with Crippen LogP contribution in [-0.4, -0.2) is 53.1 Å². The van der Waals surface area contributed by atoms with Gasteiger partial charge in [-0.05, 0) is 44.7 Å². The lowest BCUT2D eigenvalue weighted by molar-refractivity contribution is 0.0314. The molecule has 2 aliphatic rings. The number of thiazole rings is 1. The molecular weight excluding hydrogens is 476 g/mol. The number of rotatable bonds is 9. The van der Waals surface area contributed by atoms with Crippen LogP contribution in [0.15, 0.2) is 34.5 Å². The number of hydrogen-bond acceptors (Lipinski definition) is 9. The molecule has 2 aromatic heterocycles. The first-order valence-electron chi connectivity index (χ1n) is 11.5. The van der Waals surface area contributed by atoms with Crippen molar-refractivity contribution in [2.45, 2.75) is 50.7 Å². The number of pyridine rings is 1. The number of halogens is 2. The number of amides is 1. The van der Waals surface area contributed by atoms with Crippen molar-refractivity contribution in [3.05, 3.63) is 57.6 Å². The Bertz CT molecular complexity index is 1130. The molecule has 2 aromatic rings. The van der Waals surface area contributed by atoms with E-state index in [1.807, 2.05) is 6.92 Å². The topological polar surface area (TPSA) is 124 Å². The zero-order chi connectivity index (χ0) is 24.8. The van der Waals surface area contributed by atoms with E-state index in [1.165, 1.54) is 17.5 Å². The Morgan fingerprint density at radius 3 is 2.80 bits per heavy atom. The van der Waals surface area contributed by atoms with Crippen molar-refractivity contribution in [2.75, 3.05) is 13.2 Å². The highest BCUT2D eigenvalue weighted by molar-refractivity contribution is 7.10. The molecule has 3 heterocycles. The Kier molecular flexibility index (Phi) is 8.13. The van der Waals surface area contributed by atoms with Gasteiger partial charge in [0.25, 0.3) is 5.91 Å². The summed E-state index contributed by atoms with van der Waals surface area (Å²) in [6.45, 7) is 3.24. The lowest BCUT2D eigenvalue weighted by Crippen LogP contribution is -2.35. The number of aromatic nitrogens is 2. The number of ether oxygens (including phenoxy) is 1. The van der Waals surface area contributed by atoms with Gasteiger partial charge < -0.3 is 20.8 Å². The van der Waals surface area contributed by atoms with Gasteiger partial charge in [-0.15, -0.1) is 11.3 Å². The van der Waals surface area contributed by atoms with Gasteiger partial charge in [0.15, 0.2) is 5.82 Å². The van der Waals surface area contributed by atoms with Crippen LogP contribution in [0, 0.1) is 17.2 Å². The first kappa shape index (κ1) is 24.9. The van der Waals surface area contributed by atoms with E-state index in [0.29, 0.717) is 13.2 Å². The van der Waals surface area contributed by atoms with Crippen molar-refractivity contribution in [3.8, 4) is 0 Å². The van der Waals surface area contributed by atoms with Gasteiger partial charge in [0, 0.05) is 37.0 Å². The molecule has 1 saturated carbocycles. The van der Waals surface area contributed by atoms with Crippen LogP contribution in [0.2, 0.25) is 0 Å². The third kappa shape index (κ3) is 6.25. The maximum atomic E-state index is 14.4. The maximum absolute atomic E-state index is 14.4. The minimum Gasteiger partial charge on any atom is -0.386 e. The molecule has 1 aliphatic carbocycles. The number of hydrazone groups is 1. The van der Waals surface area contributed by atoms with Gasteiger partial charge in [-0.25, -0.2) is 14.4 Å². The molecule has 4 rings (SSSR count). The molecule has 1 unspecified atom stereocenters. The summed E-state index contributed by atoms with van der Waals surface area (Å²) in [7, 11) is 0. The molecule has 0 aromatic carbocycles. The summed E-state index contributed by atoms with van der Waals surface area (Å²) in [5.41, 5.74) is 2.04. The quantitative estimate of drug-likeness (QED) is 0.308. The number of carbonyl (C=O) groups is 1. The third-order valence-electron chi connectivity index (χ3n) is 5.84. The molecular formula is C23H27F2N7O2S. The van der Waals surface area contributed by atoms with E-state index < -0.39 is 29.1 Å². The number of allylic oxidation sites excluding steroid dienone is 1. The van der Waals surface area contributed by atoms with Crippen LogP contribution >= 0.6 is 11.3 Å². The van der Waals surface area contributed by atoms with Crippen LogP contribution < -0.4 is 16.1 Å². The van der Waals surface area contributed by atoms with Crippen molar-refractivity contribution in [1.82, 2.24) is 26.0 Å². The molecule has 1 aliphatic heterocycles. The summed E-state index contributed by atoms with van der Waals surface area (Å²) < 4.78 is 33.7. The second kappa shape index (κ2) is 11.5. The highest BCUT2D eigenvalue weighted by Gasteiger charge is 2.24. The van der Waals surface area contributed by atoms with Gasteiger partial charge in [-0.2, -0.15) is 9.49 Å². The third-order valence-corrected chi connectivity index (χ3v) is 6.81. The standard InChI is InChI=1S/C23H27F2N7O2S/c1-2-34-15-5-3-14(4-6-15)27-11-17(20(26)21-16(24)7-8-19(25)32-21)30-22(33)18-12-35-23(31-18)13-9-28-29-10-13/h7-9,11-15,26-27,29H,2-6,10H2,1H3,(H,30,33)/b17-11+,26-20?/t13?,14-,15-. The van der Waals surface area contributed by atoms with E-state index in [4.69, 9.17) is 10.1 Å². The summed E-state index contributed by atoms with van der Waals surface area (Å²) in [6, 6.07) is 1.87. The second-order valence-electron chi connectivity index (χ2n) is 8.27. The Hall–Kier alpha value is -3.25. The number of hydrogen-bond donors (Lipinski definition) is 4.